The summed E-state index contributed by atoms with van der Waals surface area (Å²) in [6.45, 7) is 2.12. The third-order valence-corrected chi connectivity index (χ3v) is 3.44. The molecular formula is C17H15N3O3. The van der Waals surface area contributed by atoms with Crippen molar-refractivity contribution in [2.24, 2.45) is 0 Å². The highest BCUT2D eigenvalue weighted by atomic mass is 16.5. The summed E-state index contributed by atoms with van der Waals surface area (Å²) in [4.78, 5) is 15.3. The Morgan fingerprint density at radius 2 is 2.13 bits per heavy atom. The lowest BCUT2D eigenvalue weighted by Gasteiger charge is -2.08. The number of pyridine rings is 1. The van der Waals surface area contributed by atoms with E-state index in [4.69, 9.17) is 9.84 Å². The van der Waals surface area contributed by atoms with Crippen LogP contribution in [0.2, 0.25) is 0 Å². The quantitative estimate of drug-likeness (QED) is 0.756. The SMILES string of the molecule is Cc1cc(COc2ccc(-c3ccn[nH]3)nc2)ccc1C(=O)O. The summed E-state index contributed by atoms with van der Waals surface area (Å²) in [5, 5.41) is 15.8. The molecule has 0 spiro atoms. The number of carbonyl (C=O) groups is 1. The minimum absolute atomic E-state index is 0.305. The number of aromatic amines is 1. The molecule has 0 atom stereocenters. The van der Waals surface area contributed by atoms with Crippen molar-refractivity contribution in [3.8, 4) is 17.1 Å². The Kier molecular flexibility index (Phi) is 4.05. The van der Waals surface area contributed by atoms with E-state index in [1.54, 1.807) is 31.5 Å². The molecule has 0 aliphatic rings. The van der Waals surface area contributed by atoms with E-state index in [1.165, 1.54) is 0 Å². The number of ether oxygens (including phenoxy) is 1. The number of rotatable bonds is 5. The standard InChI is InChI=1S/C17H15N3O3/c1-11-8-12(2-4-14(11)17(21)22)10-23-13-3-5-15(18-9-13)16-6-7-19-20-16/h2-9H,10H2,1H3,(H,19,20)(H,21,22). The van der Waals surface area contributed by atoms with Gasteiger partial charge in [-0.3, -0.25) is 10.1 Å². The van der Waals surface area contributed by atoms with Gasteiger partial charge in [0.2, 0.25) is 0 Å². The molecule has 23 heavy (non-hydrogen) atoms. The van der Waals surface area contributed by atoms with Crippen LogP contribution in [0.5, 0.6) is 5.75 Å². The first-order chi connectivity index (χ1) is 11.1. The fourth-order valence-electron chi connectivity index (χ4n) is 2.25. The van der Waals surface area contributed by atoms with Gasteiger partial charge in [0.1, 0.15) is 12.4 Å². The van der Waals surface area contributed by atoms with Gasteiger partial charge in [-0.05, 0) is 42.3 Å². The molecule has 0 bridgehead atoms. The third kappa shape index (κ3) is 3.37. The lowest BCUT2D eigenvalue weighted by molar-refractivity contribution is 0.0696. The lowest BCUT2D eigenvalue weighted by atomic mass is 10.1. The first kappa shape index (κ1) is 14.8. The average Bonchev–Trinajstić information content (AvgIpc) is 3.07. The van der Waals surface area contributed by atoms with Gasteiger partial charge in [0.15, 0.2) is 0 Å². The number of aromatic carboxylic acids is 1. The summed E-state index contributed by atoms with van der Waals surface area (Å²) in [6.07, 6.45) is 3.32. The molecule has 1 aromatic carbocycles. The molecule has 0 fully saturated rings. The molecule has 0 radical (unpaired) electrons. The Labute approximate surface area is 132 Å². The molecule has 2 N–H and O–H groups in total. The van der Waals surface area contributed by atoms with Crippen LogP contribution in [0.1, 0.15) is 21.5 Å². The summed E-state index contributed by atoms with van der Waals surface area (Å²) < 4.78 is 5.68. The van der Waals surface area contributed by atoms with E-state index in [1.807, 2.05) is 24.3 Å². The van der Waals surface area contributed by atoms with Gasteiger partial charge in [-0.15, -0.1) is 0 Å². The predicted octanol–water partition coefficient (Wildman–Crippen LogP) is 3.06. The van der Waals surface area contributed by atoms with Gasteiger partial charge in [-0.2, -0.15) is 5.10 Å². The Morgan fingerprint density at radius 3 is 2.74 bits per heavy atom. The number of aromatic nitrogens is 3. The summed E-state index contributed by atoms with van der Waals surface area (Å²) in [5.41, 5.74) is 3.56. The van der Waals surface area contributed by atoms with Crippen molar-refractivity contribution in [1.82, 2.24) is 15.2 Å². The molecule has 6 nitrogen and oxygen atoms in total. The van der Waals surface area contributed by atoms with Gasteiger partial charge in [0.05, 0.1) is 23.1 Å². The van der Waals surface area contributed by atoms with E-state index in [9.17, 15) is 4.79 Å². The van der Waals surface area contributed by atoms with Crippen LogP contribution in [-0.2, 0) is 6.61 Å². The fourth-order valence-corrected chi connectivity index (χ4v) is 2.25. The van der Waals surface area contributed by atoms with Crippen molar-refractivity contribution in [1.29, 1.82) is 0 Å². The molecule has 2 aromatic heterocycles. The number of carboxylic acid groups (broad SMARTS) is 1. The zero-order valence-corrected chi connectivity index (χ0v) is 12.5. The van der Waals surface area contributed by atoms with Crippen molar-refractivity contribution >= 4 is 5.97 Å². The first-order valence-corrected chi connectivity index (χ1v) is 7.05. The summed E-state index contributed by atoms with van der Waals surface area (Å²) in [6, 6.07) is 10.7. The highest BCUT2D eigenvalue weighted by Gasteiger charge is 2.07. The van der Waals surface area contributed by atoms with E-state index in [0.29, 0.717) is 23.5 Å². The molecule has 116 valence electrons. The van der Waals surface area contributed by atoms with E-state index in [-0.39, 0.29) is 0 Å². The second kappa shape index (κ2) is 6.31. The van der Waals surface area contributed by atoms with Crippen molar-refractivity contribution in [3.63, 3.8) is 0 Å². The topological polar surface area (TPSA) is 88.1 Å². The number of hydrogen-bond acceptors (Lipinski definition) is 4. The second-order valence-corrected chi connectivity index (χ2v) is 5.09. The molecule has 0 saturated heterocycles. The first-order valence-electron chi connectivity index (χ1n) is 7.05. The normalized spacial score (nSPS) is 10.5. The Hall–Kier alpha value is -3.15. The monoisotopic (exact) mass is 309 g/mol. The smallest absolute Gasteiger partial charge is 0.335 e. The van der Waals surface area contributed by atoms with Gasteiger partial charge >= 0.3 is 5.97 Å². The Bertz CT molecular complexity index is 812. The molecule has 0 unspecified atom stereocenters. The molecule has 3 aromatic rings. The minimum Gasteiger partial charge on any atom is -0.487 e. The largest absolute Gasteiger partial charge is 0.487 e. The summed E-state index contributed by atoms with van der Waals surface area (Å²) in [5.74, 6) is -0.276. The summed E-state index contributed by atoms with van der Waals surface area (Å²) >= 11 is 0. The highest BCUT2D eigenvalue weighted by molar-refractivity contribution is 5.89. The molecule has 0 aliphatic carbocycles. The van der Waals surface area contributed by atoms with Crippen LogP contribution >= 0.6 is 0 Å². The van der Waals surface area contributed by atoms with Crippen molar-refractivity contribution in [2.45, 2.75) is 13.5 Å². The average molecular weight is 309 g/mol. The molecule has 3 rings (SSSR count). The summed E-state index contributed by atoms with van der Waals surface area (Å²) in [7, 11) is 0. The van der Waals surface area contributed by atoms with Crippen LogP contribution in [0.4, 0.5) is 0 Å². The van der Waals surface area contributed by atoms with E-state index >= 15 is 0 Å². The molecule has 0 amide bonds. The number of carboxylic acids is 1. The van der Waals surface area contributed by atoms with Crippen LogP contribution in [0.15, 0.2) is 48.8 Å². The maximum atomic E-state index is 11.0. The van der Waals surface area contributed by atoms with Crippen LogP contribution in [-0.4, -0.2) is 26.3 Å². The Morgan fingerprint density at radius 1 is 1.26 bits per heavy atom. The minimum atomic E-state index is -0.923. The number of benzene rings is 1. The van der Waals surface area contributed by atoms with Crippen molar-refractivity contribution in [2.75, 3.05) is 0 Å². The molecule has 6 heteroatoms. The third-order valence-electron chi connectivity index (χ3n) is 3.44. The van der Waals surface area contributed by atoms with E-state index in [0.717, 1.165) is 17.0 Å². The number of hydrogen-bond donors (Lipinski definition) is 2. The van der Waals surface area contributed by atoms with Crippen LogP contribution in [0.3, 0.4) is 0 Å². The molecular weight excluding hydrogens is 294 g/mol. The number of H-pyrrole nitrogens is 1. The van der Waals surface area contributed by atoms with Gasteiger partial charge in [0.25, 0.3) is 0 Å². The zero-order chi connectivity index (χ0) is 16.2. The van der Waals surface area contributed by atoms with Gasteiger partial charge in [-0.25, -0.2) is 4.79 Å². The van der Waals surface area contributed by atoms with Gasteiger partial charge in [-0.1, -0.05) is 12.1 Å². The number of nitrogens with one attached hydrogen (secondary N) is 1. The van der Waals surface area contributed by atoms with Crippen molar-refractivity contribution < 1.29 is 14.6 Å². The maximum Gasteiger partial charge on any atom is 0.335 e. The van der Waals surface area contributed by atoms with Crippen LogP contribution in [0, 0.1) is 6.92 Å². The molecule has 0 saturated carbocycles. The lowest BCUT2D eigenvalue weighted by Crippen LogP contribution is -2.02. The Balaban J connectivity index is 1.66. The molecule has 2 heterocycles. The number of aryl methyl sites for hydroxylation is 1. The second-order valence-electron chi connectivity index (χ2n) is 5.09. The number of nitrogens with zero attached hydrogens (tertiary/aromatic N) is 2. The predicted molar refractivity (Wildman–Crippen MR) is 84.3 cm³/mol. The van der Waals surface area contributed by atoms with Crippen LogP contribution in [0.25, 0.3) is 11.4 Å². The van der Waals surface area contributed by atoms with Crippen LogP contribution < -0.4 is 4.74 Å². The fraction of sp³-hybridized carbons (Fsp3) is 0.118. The zero-order valence-electron chi connectivity index (χ0n) is 12.5. The van der Waals surface area contributed by atoms with Gasteiger partial charge in [0, 0.05) is 6.20 Å². The maximum absolute atomic E-state index is 11.0. The van der Waals surface area contributed by atoms with Crippen molar-refractivity contribution in [3.05, 3.63) is 65.5 Å². The van der Waals surface area contributed by atoms with E-state index in [2.05, 4.69) is 15.2 Å². The van der Waals surface area contributed by atoms with Gasteiger partial charge < -0.3 is 9.84 Å². The van der Waals surface area contributed by atoms with E-state index < -0.39 is 5.97 Å². The molecule has 0 aliphatic heterocycles. The highest BCUT2D eigenvalue weighted by Crippen LogP contribution is 2.18.